The van der Waals surface area contributed by atoms with E-state index in [-0.39, 0.29) is 11.3 Å². The van der Waals surface area contributed by atoms with Crippen LogP contribution in [0.15, 0.2) is 18.2 Å². The van der Waals surface area contributed by atoms with Gasteiger partial charge in [0.15, 0.2) is 0 Å². The zero-order valence-corrected chi connectivity index (χ0v) is 9.76. The maximum absolute atomic E-state index is 12.7. The Balaban J connectivity index is 3.02. The molecular formula is C12H17F2NO. The van der Waals surface area contributed by atoms with Gasteiger partial charge >= 0.3 is 0 Å². The molecule has 0 saturated heterocycles. The molecule has 0 aliphatic rings. The molecule has 0 spiro atoms. The Kier molecular flexibility index (Phi) is 3.86. The normalized spacial score (nSPS) is 11.9. The fraction of sp³-hybridized carbons (Fsp3) is 0.500. The monoisotopic (exact) mass is 229 g/mol. The van der Waals surface area contributed by atoms with Crippen LogP contribution >= 0.6 is 0 Å². The van der Waals surface area contributed by atoms with Crippen LogP contribution in [0.3, 0.4) is 0 Å². The van der Waals surface area contributed by atoms with E-state index in [0.29, 0.717) is 6.42 Å². The molecule has 2 nitrogen and oxygen atoms in total. The second kappa shape index (κ2) is 4.78. The van der Waals surface area contributed by atoms with Gasteiger partial charge in [-0.15, -0.1) is 0 Å². The van der Waals surface area contributed by atoms with Gasteiger partial charge in [0, 0.05) is 5.54 Å². The Morgan fingerprint density at radius 3 is 2.44 bits per heavy atom. The van der Waals surface area contributed by atoms with E-state index in [1.165, 1.54) is 13.2 Å². The van der Waals surface area contributed by atoms with Crippen molar-refractivity contribution in [2.45, 2.75) is 32.2 Å². The maximum Gasteiger partial charge on any atom is 0.267 e. The van der Waals surface area contributed by atoms with E-state index < -0.39 is 12.0 Å². The van der Waals surface area contributed by atoms with Crippen LogP contribution in [0.1, 0.15) is 31.4 Å². The summed E-state index contributed by atoms with van der Waals surface area (Å²) in [6.45, 7) is 3.72. The molecule has 90 valence electrons. The van der Waals surface area contributed by atoms with Gasteiger partial charge < -0.3 is 10.5 Å². The number of alkyl halides is 2. The Morgan fingerprint density at radius 2 is 2.00 bits per heavy atom. The molecule has 0 unspecified atom stereocenters. The highest BCUT2D eigenvalue weighted by molar-refractivity contribution is 5.38. The smallest absolute Gasteiger partial charge is 0.267 e. The summed E-state index contributed by atoms with van der Waals surface area (Å²) < 4.78 is 30.3. The lowest BCUT2D eigenvalue weighted by Gasteiger charge is -2.19. The van der Waals surface area contributed by atoms with Gasteiger partial charge in [-0.3, -0.25) is 0 Å². The first-order valence-electron chi connectivity index (χ1n) is 5.07. The number of hydrogen-bond acceptors (Lipinski definition) is 2. The molecule has 1 aromatic carbocycles. The van der Waals surface area contributed by atoms with Crippen LogP contribution in [0.4, 0.5) is 8.78 Å². The minimum atomic E-state index is -2.53. The van der Waals surface area contributed by atoms with Gasteiger partial charge in [0.25, 0.3) is 6.43 Å². The lowest BCUT2D eigenvalue weighted by atomic mass is 9.95. The number of halogens is 2. The molecule has 4 heteroatoms. The number of methoxy groups -OCH3 is 1. The number of nitrogens with two attached hydrogens (primary N) is 1. The van der Waals surface area contributed by atoms with Gasteiger partial charge in [-0.2, -0.15) is 0 Å². The van der Waals surface area contributed by atoms with Crippen LogP contribution in [0.5, 0.6) is 5.75 Å². The van der Waals surface area contributed by atoms with Crippen LogP contribution in [0, 0.1) is 0 Å². The van der Waals surface area contributed by atoms with Crippen molar-refractivity contribution in [1.82, 2.24) is 0 Å². The molecule has 0 fully saturated rings. The van der Waals surface area contributed by atoms with Crippen LogP contribution in [-0.4, -0.2) is 12.6 Å². The SMILES string of the molecule is COc1ccc(CC(C)(C)N)cc1C(F)F. The molecule has 0 aromatic heterocycles. The Morgan fingerprint density at radius 1 is 1.38 bits per heavy atom. The lowest BCUT2D eigenvalue weighted by molar-refractivity contribution is 0.147. The minimum Gasteiger partial charge on any atom is -0.496 e. The average molecular weight is 229 g/mol. The summed E-state index contributed by atoms with van der Waals surface area (Å²) in [7, 11) is 1.38. The Hall–Kier alpha value is -1.16. The predicted molar refractivity (Wildman–Crippen MR) is 59.9 cm³/mol. The zero-order chi connectivity index (χ0) is 12.3. The summed E-state index contributed by atoms with van der Waals surface area (Å²) in [5, 5.41) is 0. The van der Waals surface area contributed by atoms with E-state index in [1.807, 2.05) is 13.8 Å². The van der Waals surface area contributed by atoms with Gasteiger partial charge in [0.2, 0.25) is 0 Å². The van der Waals surface area contributed by atoms with Crippen molar-refractivity contribution in [3.8, 4) is 5.75 Å². The van der Waals surface area contributed by atoms with Gasteiger partial charge in [-0.25, -0.2) is 8.78 Å². The summed E-state index contributed by atoms with van der Waals surface area (Å²) in [5.41, 5.74) is 6.15. The van der Waals surface area contributed by atoms with Crippen LogP contribution in [-0.2, 0) is 6.42 Å². The second-order valence-corrected chi connectivity index (χ2v) is 4.54. The average Bonchev–Trinajstić information content (AvgIpc) is 2.15. The third-order valence-electron chi connectivity index (χ3n) is 2.19. The minimum absolute atomic E-state index is 0.0794. The summed E-state index contributed by atoms with van der Waals surface area (Å²) in [6, 6.07) is 4.78. The molecule has 0 aliphatic carbocycles. The molecule has 0 radical (unpaired) electrons. The Bertz CT molecular complexity index is 359. The molecule has 16 heavy (non-hydrogen) atoms. The highest BCUT2D eigenvalue weighted by Gasteiger charge is 2.17. The molecule has 0 atom stereocenters. The summed E-state index contributed by atoms with van der Waals surface area (Å²) in [5.74, 6) is 0.216. The molecule has 1 rings (SSSR count). The van der Waals surface area contributed by atoms with Crippen LogP contribution < -0.4 is 10.5 Å². The van der Waals surface area contributed by atoms with E-state index in [1.54, 1.807) is 12.1 Å². The van der Waals surface area contributed by atoms with Crippen LogP contribution in [0.2, 0.25) is 0 Å². The van der Waals surface area contributed by atoms with Crippen molar-refractivity contribution in [1.29, 1.82) is 0 Å². The van der Waals surface area contributed by atoms with Crippen molar-refractivity contribution < 1.29 is 13.5 Å². The lowest BCUT2D eigenvalue weighted by Crippen LogP contribution is -2.34. The molecule has 0 bridgehead atoms. The summed E-state index contributed by atoms with van der Waals surface area (Å²) >= 11 is 0. The predicted octanol–water partition coefficient (Wildman–Crippen LogP) is 2.91. The van der Waals surface area contributed by atoms with Gasteiger partial charge in [0.1, 0.15) is 5.75 Å². The van der Waals surface area contributed by atoms with Crippen molar-refractivity contribution >= 4 is 0 Å². The van der Waals surface area contributed by atoms with Crippen molar-refractivity contribution in [2.75, 3.05) is 7.11 Å². The first kappa shape index (κ1) is 12.9. The van der Waals surface area contributed by atoms with Crippen molar-refractivity contribution in [3.63, 3.8) is 0 Å². The molecular weight excluding hydrogens is 212 g/mol. The van der Waals surface area contributed by atoms with E-state index in [0.717, 1.165) is 5.56 Å². The molecule has 2 N–H and O–H groups in total. The fourth-order valence-corrected chi connectivity index (χ4v) is 1.59. The number of ether oxygens (including phenoxy) is 1. The summed E-state index contributed by atoms with van der Waals surface area (Å²) in [4.78, 5) is 0. The first-order chi connectivity index (χ1) is 7.33. The number of rotatable bonds is 4. The van der Waals surface area contributed by atoms with Gasteiger partial charge in [-0.05, 0) is 38.0 Å². The van der Waals surface area contributed by atoms with E-state index in [9.17, 15) is 8.78 Å². The highest BCUT2D eigenvalue weighted by atomic mass is 19.3. The highest BCUT2D eigenvalue weighted by Crippen LogP contribution is 2.30. The zero-order valence-electron chi connectivity index (χ0n) is 9.76. The van der Waals surface area contributed by atoms with Crippen molar-refractivity contribution in [2.24, 2.45) is 5.73 Å². The number of hydrogen-bond donors (Lipinski definition) is 1. The fourth-order valence-electron chi connectivity index (χ4n) is 1.59. The topological polar surface area (TPSA) is 35.2 Å². The molecule has 0 aliphatic heterocycles. The van der Waals surface area contributed by atoms with E-state index in [2.05, 4.69) is 0 Å². The van der Waals surface area contributed by atoms with Gasteiger partial charge in [0.05, 0.1) is 12.7 Å². The molecule has 0 saturated carbocycles. The molecule has 0 heterocycles. The largest absolute Gasteiger partial charge is 0.496 e. The molecule has 0 amide bonds. The quantitative estimate of drug-likeness (QED) is 0.861. The van der Waals surface area contributed by atoms with Crippen LogP contribution in [0.25, 0.3) is 0 Å². The standard InChI is InChI=1S/C12H17F2NO/c1-12(2,15)7-8-4-5-10(16-3)9(6-8)11(13)14/h4-6,11H,7,15H2,1-3H3. The van der Waals surface area contributed by atoms with Gasteiger partial charge in [-0.1, -0.05) is 6.07 Å². The Labute approximate surface area is 94.4 Å². The third-order valence-corrected chi connectivity index (χ3v) is 2.19. The van der Waals surface area contributed by atoms with Crippen molar-refractivity contribution in [3.05, 3.63) is 29.3 Å². The first-order valence-corrected chi connectivity index (χ1v) is 5.07. The second-order valence-electron chi connectivity index (χ2n) is 4.54. The number of benzene rings is 1. The van der Waals surface area contributed by atoms with E-state index in [4.69, 9.17) is 10.5 Å². The van der Waals surface area contributed by atoms with E-state index >= 15 is 0 Å². The maximum atomic E-state index is 12.7. The molecule has 1 aromatic rings. The third kappa shape index (κ3) is 3.45. The summed E-state index contributed by atoms with van der Waals surface area (Å²) in [6.07, 6.45) is -1.98.